The first kappa shape index (κ1) is 22.1. The lowest BCUT2D eigenvalue weighted by Crippen LogP contribution is -2.31. The number of fused-ring (bicyclic) bond motifs is 1. The SMILES string of the molecule is COc1cc(Cl)ccc1S(=O)(=O)NC(Cc1cccc2cccc(C)c12)c1n[nH]c(=O)o1. The molecular formula is C22H20ClN3O5S. The minimum absolute atomic E-state index is 0.0721. The van der Waals surface area contributed by atoms with Gasteiger partial charge in [-0.25, -0.2) is 18.3 Å². The Hall–Kier alpha value is -3.14. The second-order valence-corrected chi connectivity index (χ2v) is 9.33. The van der Waals surface area contributed by atoms with Gasteiger partial charge in [-0.3, -0.25) is 0 Å². The number of H-pyrrole nitrogens is 1. The molecule has 10 heteroatoms. The first-order valence-corrected chi connectivity index (χ1v) is 11.5. The Labute approximate surface area is 189 Å². The second-order valence-electron chi connectivity index (χ2n) is 7.21. The number of nitrogens with zero attached hydrogens (tertiary/aromatic N) is 1. The molecule has 8 nitrogen and oxygen atoms in total. The molecule has 166 valence electrons. The average molecular weight is 474 g/mol. The van der Waals surface area contributed by atoms with Gasteiger partial charge in [-0.15, -0.1) is 5.10 Å². The summed E-state index contributed by atoms with van der Waals surface area (Å²) in [7, 11) is -2.74. The molecule has 0 amide bonds. The first-order valence-electron chi connectivity index (χ1n) is 9.67. The fourth-order valence-electron chi connectivity index (χ4n) is 3.69. The largest absolute Gasteiger partial charge is 0.495 e. The predicted octanol–water partition coefficient (Wildman–Crippen LogP) is 3.75. The molecule has 32 heavy (non-hydrogen) atoms. The number of nitrogens with one attached hydrogen (secondary N) is 2. The van der Waals surface area contributed by atoms with Crippen molar-refractivity contribution in [2.24, 2.45) is 0 Å². The third kappa shape index (κ3) is 4.40. The van der Waals surface area contributed by atoms with Gasteiger partial charge in [0.05, 0.1) is 7.11 Å². The first-order chi connectivity index (χ1) is 15.3. The minimum atomic E-state index is -4.09. The van der Waals surface area contributed by atoms with Crippen molar-refractivity contribution < 1.29 is 17.6 Å². The van der Waals surface area contributed by atoms with Crippen molar-refractivity contribution in [1.82, 2.24) is 14.9 Å². The molecule has 1 heterocycles. The number of ether oxygens (including phenoxy) is 1. The van der Waals surface area contributed by atoms with Gasteiger partial charge in [0.1, 0.15) is 16.7 Å². The van der Waals surface area contributed by atoms with Gasteiger partial charge in [0.25, 0.3) is 0 Å². The Morgan fingerprint density at radius 2 is 1.94 bits per heavy atom. The Bertz CT molecular complexity index is 1440. The van der Waals surface area contributed by atoms with Crippen LogP contribution in [-0.4, -0.2) is 25.7 Å². The highest BCUT2D eigenvalue weighted by Crippen LogP contribution is 2.30. The van der Waals surface area contributed by atoms with E-state index >= 15 is 0 Å². The number of methoxy groups -OCH3 is 1. The maximum Gasteiger partial charge on any atom is 0.434 e. The van der Waals surface area contributed by atoms with Crippen LogP contribution in [0.3, 0.4) is 0 Å². The van der Waals surface area contributed by atoms with Crippen molar-refractivity contribution in [2.45, 2.75) is 24.3 Å². The molecule has 4 aromatic rings. The number of aromatic amines is 1. The Balaban J connectivity index is 1.78. The van der Waals surface area contributed by atoms with Crippen molar-refractivity contribution in [2.75, 3.05) is 7.11 Å². The minimum Gasteiger partial charge on any atom is -0.495 e. The van der Waals surface area contributed by atoms with Crippen LogP contribution in [0.1, 0.15) is 23.1 Å². The fraction of sp³-hybridized carbons (Fsp3) is 0.182. The summed E-state index contributed by atoms with van der Waals surface area (Å²) in [5, 5.41) is 8.41. The lowest BCUT2D eigenvalue weighted by molar-refractivity contribution is 0.397. The zero-order chi connectivity index (χ0) is 22.9. The van der Waals surface area contributed by atoms with Crippen LogP contribution in [0.15, 0.2) is 68.7 Å². The number of benzene rings is 3. The van der Waals surface area contributed by atoms with Crippen LogP contribution in [0.2, 0.25) is 5.02 Å². The molecule has 0 saturated carbocycles. The third-order valence-electron chi connectivity index (χ3n) is 5.09. The molecule has 1 unspecified atom stereocenters. The summed E-state index contributed by atoms with van der Waals surface area (Å²) >= 11 is 5.97. The molecule has 1 aromatic heterocycles. The number of sulfonamides is 1. The fourth-order valence-corrected chi connectivity index (χ4v) is 5.20. The van der Waals surface area contributed by atoms with Crippen LogP contribution in [0.4, 0.5) is 0 Å². The number of aromatic nitrogens is 2. The highest BCUT2D eigenvalue weighted by molar-refractivity contribution is 7.89. The van der Waals surface area contributed by atoms with Gasteiger partial charge in [-0.05, 0) is 47.4 Å². The van der Waals surface area contributed by atoms with Crippen molar-refractivity contribution in [3.8, 4) is 5.75 Å². The maximum atomic E-state index is 13.2. The molecule has 0 aliphatic carbocycles. The Morgan fingerprint density at radius 1 is 1.19 bits per heavy atom. The summed E-state index contributed by atoms with van der Waals surface area (Å²) in [6.07, 6.45) is 0.200. The summed E-state index contributed by atoms with van der Waals surface area (Å²) in [6.45, 7) is 1.98. The summed E-state index contributed by atoms with van der Waals surface area (Å²) in [5.74, 6) is -0.757. The molecule has 4 rings (SSSR count). The van der Waals surface area contributed by atoms with Gasteiger partial charge >= 0.3 is 5.76 Å². The van der Waals surface area contributed by atoms with E-state index in [4.69, 9.17) is 20.8 Å². The molecule has 0 fully saturated rings. The van der Waals surface area contributed by atoms with Gasteiger partial charge in [0, 0.05) is 11.1 Å². The smallest absolute Gasteiger partial charge is 0.434 e. The summed E-state index contributed by atoms with van der Waals surface area (Å²) in [4.78, 5) is 11.5. The topological polar surface area (TPSA) is 114 Å². The molecule has 0 saturated heterocycles. The molecule has 0 bridgehead atoms. The zero-order valence-electron chi connectivity index (χ0n) is 17.3. The lowest BCUT2D eigenvalue weighted by Gasteiger charge is -2.18. The Morgan fingerprint density at radius 3 is 2.62 bits per heavy atom. The van der Waals surface area contributed by atoms with E-state index in [2.05, 4.69) is 14.9 Å². The van der Waals surface area contributed by atoms with Gasteiger partial charge in [-0.1, -0.05) is 48.0 Å². The van der Waals surface area contributed by atoms with E-state index in [0.717, 1.165) is 21.9 Å². The van der Waals surface area contributed by atoms with Crippen molar-refractivity contribution in [1.29, 1.82) is 0 Å². The highest BCUT2D eigenvalue weighted by atomic mass is 35.5. The number of hydrogen-bond donors (Lipinski definition) is 2. The van der Waals surface area contributed by atoms with Crippen molar-refractivity contribution >= 4 is 32.4 Å². The zero-order valence-corrected chi connectivity index (χ0v) is 18.8. The molecule has 0 spiro atoms. The van der Waals surface area contributed by atoms with Crippen molar-refractivity contribution in [3.05, 3.63) is 87.2 Å². The molecule has 3 aromatic carbocycles. The van der Waals surface area contributed by atoms with Crippen LogP contribution in [0.5, 0.6) is 5.75 Å². The third-order valence-corrected chi connectivity index (χ3v) is 6.83. The van der Waals surface area contributed by atoms with Crippen LogP contribution in [-0.2, 0) is 16.4 Å². The number of halogens is 1. The van der Waals surface area contributed by atoms with Crippen LogP contribution < -0.4 is 15.2 Å². The van der Waals surface area contributed by atoms with Gasteiger partial charge < -0.3 is 9.15 Å². The monoisotopic (exact) mass is 473 g/mol. The average Bonchev–Trinajstić information content (AvgIpc) is 3.19. The van der Waals surface area contributed by atoms with Gasteiger partial charge in [-0.2, -0.15) is 4.72 Å². The number of aryl methyl sites for hydroxylation is 1. The van der Waals surface area contributed by atoms with E-state index in [9.17, 15) is 13.2 Å². The van der Waals surface area contributed by atoms with E-state index in [-0.39, 0.29) is 23.0 Å². The molecule has 2 N–H and O–H groups in total. The van der Waals surface area contributed by atoms with E-state index in [1.807, 2.05) is 43.3 Å². The predicted molar refractivity (Wildman–Crippen MR) is 121 cm³/mol. The van der Waals surface area contributed by atoms with E-state index in [0.29, 0.717) is 5.02 Å². The number of hydrogen-bond acceptors (Lipinski definition) is 6. The van der Waals surface area contributed by atoms with E-state index in [1.54, 1.807) is 0 Å². The molecule has 1 atom stereocenters. The number of rotatable bonds is 7. The standard InChI is InChI=1S/C22H20ClN3O5S/c1-13-5-3-6-14-7-4-8-15(20(13)14)11-17(21-24-25-22(27)31-21)26-32(28,29)19-10-9-16(23)12-18(19)30-2/h3-10,12,17,26H,11H2,1-2H3,(H,25,27). The van der Waals surface area contributed by atoms with E-state index in [1.165, 1.54) is 25.3 Å². The molecule has 0 aliphatic rings. The highest BCUT2D eigenvalue weighted by Gasteiger charge is 2.28. The Kier molecular flexibility index (Phi) is 6.05. The van der Waals surface area contributed by atoms with Crippen LogP contribution >= 0.6 is 11.6 Å². The molecule has 0 aliphatic heterocycles. The molecule has 0 radical (unpaired) electrons. The lowest BCUT2D eigenvalue weighted by atomic mass is 9.96. The van der Waals surface area contributed by atoms with Crippen molar-refractivity contribution in [3.63, 3.8) is 0 Å². The van der Waals surface area contributed by atoms with Crippen LogP contribution in [0, 0.1) is 6.92 Å². The normalized spacial score (nSPS) is 12.7. The summed E-state index contributed by atoms with van der Waals surface area (Å²) < 4.78 is 39.4. The second kappa shape index (κ2) is 8.78. The van der Waals surface area contributed by atoms with Gasteiger partial charge in [0.2, 0.25) is 15.9 Å². The quantitative estimate of drug-likeness (QED) is 0.422. The summed E-state index contributed by atoms with van der Waals surface area (Å²) in [6, 6.07) is 15.0. The van der Waals surface area contributed by atoms with Gasteiger partial charge in [0.15, 0.2) is 0 Å². The van der Waals surface area contributed by atoms with Crippen LogP contribution in [0.25, 0.3) is 10.8 Å². The summed E-state index contributed by atoms with van der Waals surface area (Å²) in [5.41, 5.74) is 1.92. The maximum absolute atomic E-state index is 13.2. The van der Waals surface area contributed by atoms with E-state index < -0.39 is 21.8 Å². The molecular weight excluding hydrogens is 454 g/mol.